The van der Waals surface area contributed by atoms with Gasteiger partial charge < -0.3 is 14.5 Å². The lowest BCUT2D eigenvalue weighted by molar-refractivity contribution is 0.0107. The van der Waals surface area contributed by atoms with E-state index in [0.29, 0.717) is 12.5 Å². The van der Waals surface area contributed by atoms with E-state index in [2.05, 4.69) is 59.9 Å². The maximum atomic E-state index is 6.35. The molecule has 0 saturated carbocycles. The Labute approximate surface area is 158 Å². The van der Waals surface area contributed by atoms with Crippen molar-refractivity contribution in [2.24, 2.45) is 0 Å². The highest BCUT2D eigenvalue weighted by Crippen LogP contribution is 2.37. The molecule has 1 fully saturated rings. The van der Waals surface area contributed by atoms with Crippen LogP contribution in [0, 0.1) is 0 Å². The smallest absolute Gasteiger partial charge is 0.138 e. The van der Waals surface area contributed by atoms with Gasteiger partial charge in [0.1, 0.15) is 11.2 Å². The Morgan fingerprint density at radius 3 is 2.63 bits per heavy atom. The molecular formula is C24H23NO2. The molecule has 3 nitrogen and oxygen atoms in total. The standard InChI is InChI=1S/C24H23NO2/c1-2-7-17(8-3-1)16-26-23-15-25-14-13-19(23)21-11-6-10-20-18-9-4-5-12-22(18)27-24(20)21/h1-12,19,23,25H,13-16H2/t19-,23?/m1/s1. The average molecular weight is 357 g/mol. The number of fused-ring (bicyclic) bond motifs is 3. The van der Waals surface area contributed by atoms with Gasteiger partial charge in [0.05, 0.1) is 12.7 Å². The van der Waals surface area contributed by atoms with Crippen LogP contribution in [0.3, 0.4) is 0 Å². The fourth-order valence-electron chi connectivity index (χ4n) is 4.20. The van der Waals surface area contributed by atoms with E-state index < -0.39 is 0 Å². The van der Waals surface area contributed by atoms with Crippen LogP contribution in [-0.4, -0.2) is 19.2 Å². The number of hydrogen-bond donors (Lipinski definition) is 1. The molecule has 0 amide bonds. The summed E-state index contributed by atoms with van der Waals surface area (Å²) in [6.07, 6.45) is 1.19. The van der Waals surface area contributed by atoms with E-state index in [1.807, 2.05) is 18.2 Å². The van der Waals surface area contributed by atoms with E-state index >= 15 is 0 Å². The summed E-state index contributed by atoms with van der Waals surface area (Å²) in [7, 11) is 0. The Morgan fingerprint density at radius 2 is 1.70 bits per heavy atom. The number of ether oxygens (including phenoxy) is 1. The van der Waals surface area contributed by atoms with Crippen LogP contribution in [0.4, 0.5) is 0 Å². The zero-order valence-corrected chi connectivity index (χ0v) is 15.2. The van der Waals surface area contributed by atoms with E-state index in [9.17, 15) is 0 Å². The predicted octanol–water partition coefficient (Wildman–Crippen LogP) is 5.25. The number of hydrogen-bond acceptors (Lipinski definition) is 3. The van der Waals surface area contributed by atoms with E-state index in [1.165, 1.54) is 21.9 Å². The normalized spacial score (nSPS) is 20.3. The van der Waals surface area contributed by atoms with Crippen molar-refractivity contribution in [3.63, 3.8) is 0 Å². The first-order chi connectivity index (χ1) is 13.4. The number of para-hydroxylation sites is 2. The monoisotopic (exact) mass is 357 g/mol. The molecule has 1 aliphatic heterocycles. The highest BCUT2D eigenvalue weighted by atomic mass is 16.5. The molecule has 27 heavy (non-hydrogen) atoms. The second kappa shape index (κ2) is 7.18. The lowest BCUT2D eigenvalue weighted by Crippen LogP contribution is -2.41. The fourth-order valence-corrected chi connectivity index (χ4v) is 4.20. The van der Waals surface area contributed by atoms with E-state index in [0.717, 1.165) is 30.7 Å². The van der Waals surface area contributed by atoms with E-state index in [1.54, 1.807) is 0 Å². The molecule has 1 aliphatic rings. The lowest BCUT2D eigenvalue weighted by atomic mass is 9.86. The molecular weight excluding hydrogens is 334 g/mol. The SMILES string of the molecule is c1ccc(COC2CNCC[C@@H]2c2cccc3c2oc2ccccc23)cc1. The van der Waals surface area contributed by atoms with Gasteiger partial charge >= 0.3 is 0 Å². The van der Waals surface area contributed by atoms with Crippen LogP contribution in [0.5, 0.6) is 0 Å². The first-order valence-corrected chi connectivity index (χ1v) is 9.66. The van der Waals surface area contributed by atoms with Gasteiger partial charge in [-0.05, 0) is 24.6 Å². The molecule has 1 unspecified atom stereocenters. The first-order valence-electron chi connectivity index (χ1n) is 9.66. The minimum atomic E-state index is 0.137. The van der Waals surface area contributed by atoms with Crippen LogP contribution in [0.1, 0.15) is 23.5 Å². The molecule has 2 atom stereocenters. The predicted molar refractivity (Wildman–Crippen MR) is 109 cm³/mol. The summed E-state index contributed by atoms with van der Waals surface area (Å²) in [4.78, 5) is 0. The molecule has 3 heteroatoms. The second-order valence-electron chi connectivity index (χ2n) is 7.26. The number of nitrogens with one attached hydrogen (secondary N) is 1. The Morgan fingerprint density at radius 1 is 0.889 bits per heavy atom. The molecule has 5 rings (SSSR count). The maximum absolute atomic E-state index is 6.35. The molecule has 136 valence electrons. The Hall–Kier alpha value is -2.62. The molecule has 1 aromatic heterocycles. The van der Waals surface area contributed by atoms with Crippen molar-refractivity contribution in [2.75, 3.05) is 13.1 Å². The third kappa shape index (κ3) is 3.14. The molecule has 0 bridgehead atoms. The number of benzene rings is 3. The maximum Gasteiger partial charge on any atom is 0.138 e. The van der Waals surface area contributed by atoms with Crippen molar-refractivity contribution in [3.8, 4) is 0 Å². The molecule has 2 heterocycles. The third-order valence-corrected chi connectivity index (χ3v) is 5.57. The van der Waals surface area contributed by atoms with Gasteiger partial charge in [-0.25, -0.2) is 0 Å². The van der Waals surface area contributed by atoms with Crippen LogP contribution in [-0.2, 0) is 11.3 Å². The third-order valence-electron chi connectivity index (χ3n) is 5.57. The van der Waals surface area contributed by atoms with Crippen LogP contribution in [0.2, 0.25) is 0 Å². The average Bonchev–Trinajstić information content (AvgIpc) is 3.12. The summed E-state index contributed by atoms with van der Waals surface area (Å²) >= 11 is 0. The van der Waals surface area contributed by atoms with Gasteiger partial charge in [0, 0.05) is 28.8 Å². The summed E-state index contributed by atoms with van der Waals surface area (Å²) < 4.78 is 12.6. The Balaban J connectivity index is 1.49. The molecule has 3 aromatic carbocycles. The summed E-state index contributed by atoms with van der Waals surface area (Å²) in [6.45, 7) is 2.51. The van der Waals surface area contributed by atoms with E-state index in [-0.39, 0.29) is 6.10 Å². The summed E-state index contributed by atoms with van der Waals surface area (Å²) in [5.74, 6) is 0.333. The molecule has 1 saturated heterocycles. The van der Waals surface area contributed by atoms with Gasteiger partial charge in [0.15, 0.2) is 0 Å². The Kier molecular flexibility index (Phi) is 4.40. The number of furan rings is 1. The van der Waals surface area contributed by atoms with Gasteiger partial charge in [-0.15, -0.1) is 0 Å². The summed E-state index contributed by atoms with van der Waals surface area (Å²) in [5.41, 5.74) is 4.45. The Bertz CT molecular complexity index is 1050. The number of piperidine rings is 1. The van der Waals surface area contributed by atoms with Crippen molar-refractivity contribution in [1.82, 2.24) is 5.32 Å². The van der Waals surface area contributed by atoms with Gasteiger partial charge in [-0.3, -0.25) is 0 Å². The van der Waals surface area contributed by atoms with Crippen molar-refractivity contribution < 1.29 is 9.15 Å². The highest BCUT2D eigenvalue weighted by molar-refractivity contribution is 6.05. The molecule has 4 aromatic rings. The number of rotatable bonds is 4. The van der Waals surface area contributed by atoms with E-state index in [4.69, 9.17) is 9.15 Å². The van der Waals surface area contributed by atoms with Gasteiger partial charge in [-0.1, -0.05) is 66.7 Å². The van der Waals surface area contributed by atoms with Crippen LogP contribution < -0.4 is 5.32 Å². The quantitative estimate of drug-likeness (QED) is 0.542. The zero-order valence-electron chi connectivity index (χ0n) is 15.2. The van der Waals surface area contributed by atoms with Gasteiger partial charge in [-0.2, -0.15) is 0 Å². The molecule has 1 N–H and O–H groups in total. The highest BCUT2D eigenvalue weighted by Gasteiger charge is 2.29. The van der Waals surface area contributed by atoms with Gasteiger partial charge in [0.25, 0.3) is 0 Å². The van der Waals surface area contributed by atoms with Crippen molar-refractivity contribution >= 4 is 21.9 Å². The fraction of sp³-hybridized carbons (Fsp3) is 0.250. The van der Waals surface area contributed by atoms with Crippen molar-refractivity contribution in [3.05, 3.63) is 83.9 Å². The van der Waals surface area contributed by atoms with Crippen molar-refractivity contribution in [1.29, 1.82) is 0 Å². The molecule has 0 spiro atoms. The summed E-state index contributed by atoms with van der Waals surface area (Å²) in [6, 6.07) is 25.2. The minimum absolute atomic E-state index is 0.137. The van der Waals surface area contributed by atoms with Crippen LogP contribution in [0.15, 0.2) is 77.2 Å². The summed E-state index contributed by atoms with van der Waals surface area (Å²) in [5, 5.41) is 5.87. The zero-order chi connectivity index (χ0) is 18.1. The van der Waals surface area contributed by atoms with Crippen LogP contribution >= 0.6 is 0 Å². The van der Waals surface area contributed by atoms with Gasteiger partial charge in [0.2, 0.25) is 0 Å². The minimum Gasteiger partial charge on any atom is -0.456 e. The van der Waals surface area contributed by atoms with Crippen LogP contribution in [0.25, 0.3) is 21.9 Å². The lowest BCUT2D eigenvalue weighted by Gasteiger charge is -2.32. The molecule has 0 radical (unpaired) electrons. The first kappa shape index (κ1) is 16.5. The topological polar surface area (TPSA) is 34.4 Å². The molecule has 0 aliphatic carbocycles. The largest absolute Gasteiger partial charge is 0.456 e. The van der Waals surface area contributed by atoms with Crippen molar-refractivity contribution in [2.45, 2.75) is 25.0 Å². The second-order valence-corrected chi connectivity index (χ2v) is 7.26.